The molecule has 84 valence electrons. The molecule has 1 atom stereocenters. The van der Waals surface area contributed by atoms with E-state index >= 15 is 0 Å². The fourth-order valence-electron chi connectivity index (χ4n) is 2.81. The SMILES string of the molecule is CCCC(CNCC)C1CCCCC1. The van der Waals surface area contributed by atoms with Crippen molar-refractivity contribution in [3.8, 4) is 0 Å². The average Bonchev–Trinajstić information content (AvgIpc) is 2.25. The highest BCUT2D eigenvalue weighted by Gasteiger charge is 2.22. The first kappa shape index (κ1) is 12.0. The fourth-order valence-corrected chi connectivity index (χ4v) is 2.81. The first-order valence-corrected chi connectivity index (χ1v) is 6.59. The molecule has 1 unspecified atom stereocenters. The highest BCUT2D eigenvalue weighted by atomic mass is 14.8. The predicted octanol–water partition coefficient (Wildman–Crippen LogP) is 3.59. The van der Waals surface area contributed by atoms with E-state index in [1.165, 1.54) is 51.5 Å². The van der Waals surface area contributed by atoms with Crippen molar-refractivity contribution >= 4 is 0 Å². The van der Waals surface area contributed by atoms with Gasteiger partial charge in [-0.1, -0.05) is 52.4 Å². The molecular formula is C13H27N. The first-order valence-electron chi connectivity index (χ1n) is 6.59. The predicted molar refractivity (Wildman–Crippen MR) is 63.5 cm³/mol. The van der Waals surface area contributed by atoms with Gasteiger partial charge in [-0.3, -0.25) is 0 Å². The Morgan fingerprint density at radius 2 is 1.86 bits per heavy atom. The van der Waals surface area contributed by atoms with Crippen LogP contribution in [0.5, 0.6) is 0 Å². The Hall–Kier alpha value is -0.0400. The zero-order valence-electron chi connectivity index (χ0n) is 10.0. The Balaban J connectivity index is 2.30. The minimum absolute atomic E-state index is 0.959. The van der Waals surface area contributed by atoms with Gasteiger partial charge in [0.25, 0.3) is 0 Å². The smallest absolute Gasteiger partial charge is 0.00180 e. The van der Waals surface area contributed by atoms with Gasteiger partial charge in [0.05, 0.1) is 0 Å². The van der Waals surface area contributed by atoms with E-state index in [2.05, 4.69) is 19.2 Å². The van der Waals surface area contributed by atoms with Crippen molar-refractivity contribution in [1.29, 1.82) is 0 Å². The van der Waals surface area contributed by atoms with Gasteiger partial charge in [-0.25, -0.2) is 0 Å². The highest BCUT2D eigenvalue weighted by molar-refractivity contribution is 4.75. The van der Waals surface area contributed by atoms with E-state index in [0.29, 0.717) is 0 Å². The van der Waals surface area contributed by atoms with Gasteiger partial charge >= 0.3 is 0 Å². The lowest BCUT2D eigenvalue weighted by molar-refractivity contribution is 0.229. The zero-order valence-corrected chi connectivity index (χ0v) is 10.0. The van der Waals surface area contributed by atoms with Crippen LogP contribution in [0.15, 0.2) is 0 Å². The first-order chi connectivity index (χ1) is 6.88. The summed E-state index contributed by atoms with van der Waals surface area (Å²) in [4.78, 5) is 0. The van der Waals surface area contributed by atoms with Crippen LogP contribution >= 0.6 is 0 Å². The maximum atomic E-state index is 3.53. The lowest BCUT2D eigenvalue weighted by atomic mass is 9.78. The Bertz CT molecular complexity index is 127. The molecule has 0 spiro atoms. The summed E-state index contributed by atoms with van der Waals surface area (Å²) in [5.41, 5.74) is 0. The van der Waals surface area contributed by atoms with Crippen LogP contribution in [0.2, 0.25) is 0 Å². The molecule has 0 aromatic carbocycles. The number of hydrogen-bond donors (Lipinski definition) is 1. The minimum atomic E-state index is 0.959. The van der Waals surface area contributed by atoms with Gasteiger partial charge in [0.15, 0.2) is 0 Å². The van der Waals surface area contributed by atoms with Crippen molar-refractivity contribution in [2.75, 3.05) is 13.1 Å². The Morgan fingerprint density at radius 1 is 1.14 bits per heavy atom. The molecule has 0 aromatic heterocycles. The summed E-state index contributed by atoms with van der Waals surface area (Å²) in [6, 6.07) is 0. The molecule has 1 aliphatic carbocycles. The van der Waals surface area contributed by atoms with Crippen LogP contribution in [-0.4, -0.2) is 13.1 Å². The van der Waals surface area contributed by atoms with Gasteiger partial charge < -0.3 is 5.32 Å². The second kappa shape index (κ2) is 7.28. The van der Waals surface area contributed by atoms with Gasteiger partial charge in [0.1, 0.15) is 0 Å². The van der Waals surface area contributed by atoms with Crippen molar-refractivity contribution in [2.24, 2.45) is 11.8 Å². The van der Waals surface area contributed by atoms with Crippen LogP contribution in [0.4, 0.5) is 0 Å². The van der Waals surface area contributed by atoms with Gasteiger partial charge in [0, 0.05) is 0 Å². The highest BCUT2D eigenvalue weighted by Crippen LogP contribution is 2.31. The molecule has 1 N–H and O–H groups in total. The molecular weight excluding hydrogens is 170 g/mol. The maximum Gasteiger partial charge on any atom is -0.00180 e. The van der Waals surface area contributed by atoms with Crippen molar-refractivity contribution in [2.45, 2.75) is 58.8 Å². The molecule has 0 aliphatic heterocycles. The summed E-state index contributed by atoms with van der Waals surface area (Å²) >= 11 is 0. The third-order valence-electron chi connectivity index (χ3n) is 3.63. The molecule has 1 heteroatoms. The third kappa shape index (κ3) is 4.00. The quantitative estimate of drug-likeness (QED) is 0.686. The van der Waals surface area contributed by atoms with Crippen molar-refractivity contribution in [1.82, 2.24) is 5.32 Å². The van der Waals surface area contributed by atoms with Gasteiger partial charge in [-0.05, 0) is 31.3 Å². The summed E-state index contributed by atoms with van der Waals surface area (Å²) in [5, 5.41) is 3.53. The van der Waals surface area contributed by atoms with E-state index in [1.807, 2.05) is 0 Å². The Labute approximate surface area is 89.7 Å². The number of nitrogens with one attached hydrogen (secondary N) is 1. The van der Waals surface area contributed by atoms with E-state index in [0.717, 1.165) is 18.4 Å². The monoisotopic (exact) mass is 197 g/mol. The molecule has 0 bridgehead atoms. The summed E-state index contributed by atoms with van der Waals surface area (Å²) in [6.07, 6.45) is 10.2. The van der Waals surface area contributed by atoms with Crippen LogP contribution in [-0.2, 0) is 0 Å². The van der Waals surface area contributed by atoms with Gasteiger partial charge in [-0.15, -0.1) is 0 Å². The molecule has 1 aliphatic rings. The van der Waals surface area contributed by atoms with Crippen LogP contribution in [0, 0.1) is 11.8 Å². The maximum absolute atomic E-state index is 3.53. The minimum Gasteiger partial charge on any atom is -0.317 e. The summed E-state index contributed by atoms with van der Waals surface area (Å²) in [7, 11) is 0. The van der Waals surface area contributed by atoms with Crippen LogP contribution in [0.3, 0.4) is 0 Å². The van der Waals surface area contributed by atoms with Crippen molar-refractivity contribution < 1.29 is 0 Å². The molecule has 14 heavy (non-hydrogen) atoms. The summed E-state index contributed by atoms with van der Waals surface area (Å²) in [6.45, 7) is 6.92. The Morgan fingerprint density at radius 3 is 2.43 bits per heavy atom. The molecule has 0 radical (unpaired) electrons. The molecule has 1 nitrogen and oxygen atoms in total. The van der Waals surface area contributed by atoms with Gasteiger partial charge in [0.2, 0.25) is 0 Å². The molecule has 1 rings (SSSR count). The van der Waals surface area contributed by atoms with Gasteiger partial charge in [-0.2, -0.15) is 0 Å². The van der Waals surface area contributed by atoms with Crippen molar-refractivity contribution in [3.63, 3.8) is 0 Å². The molecule has 0 saturated heterocycles. The average molecular weight is 197 g/mol. The van der Waals surface area contributed by atoms with Crippen LogP contribution < -0.4 is 5.32 Å². The molecule has 1 fully saturated rings. The fraction of sp³-hybridized carbons (Fsp3) is 1.00. The van der Waals surface area contributed by atoms with Crippen molar-refractivity contribution in [3.05, 3.63) is 0 Å². The summed E-state index contributed by atoms with van der Waals surface area (Å²) < 4.78 is 0. The second-order valence-electron chi connectivity index (χ2n) is 4.75. The zero-order chi connectivity index (χ0) is 10.2. The molecule has 0 heterocycles. The largest absolute Gasteiger partial charge is 0.317 e. The third-order valence-corrected chi connectivity index (χ3v) is 3.63. The van der Waals surface area contributed by atoms with Crippen LogP contribution in [0.25, 0.3) is 0 Å². The Kier molecular flexibility index (Phi) is 6.25. The second-order valence-corrected chi connectivity index (χ2v) is 4.75. The normalized spacial score (nSPS) is 21.0. The topological polar surface area (TPSA) is 12.0 Å². The molecule has 1 saturated carbocycles. The van der Waals surface area contributed by atoms with E-state index in [1.54, 1.807) is 0 Å². The van der Waals surface area contributed by atoms with E-state index in [-0.39, 0.29) is 0 Å². The molecule has 0 aromatic rings. The lowest BCUT2D eigenvalue weighted by Crippen LogP contribution is -2.29. The van der Waals surface area contributed by atoms with E-state index < -0.39 is 0 Å². The standard InChI is InChI=1S/C13H27N/c1-3-8-13(11-14-4-2)12-9-6-5-7-10-12/h12-14H,3-11H2,1-2H3. The van der Waals surface area contributed by atoms with E-state index in [4.69, 9.17) is 0 Å². The molecule has 0 amide bonds. The summed E-state index contributed by atoms with van der Waals surface area (Å²) in [5.74, 6) is 1.99. The van der Waals surface area contributed by atoms with Crippen LogP contribution in [0.1, 0.15) is 58.8 Å². The number of hydrogen-bond acceptors (Lipinski definition) is 1. The van der Waals surface area contributed by atoms with E-state index in [9.17, 15) is 0 Å². The number of rotatable bonds is 6. The lowest BCUT2D eigenvalue weighted by Gasteiger charge is -2.30.